The minimum atomic E-state index is -0.799. The molecule has 0 radical (unpaired) electrons. The van der Waals surface area contributed by atoms with Crippen molar-refractivity contribution in [3.63, 3.8) is 0 Å². The molecule has 0 saturated heterocycles. The van der Waals surface area contributed by atoms with Gasteiger partial charge in [0.15, 0.2) is 5.82 Å². The van der Waals surface area contributed by atoms with E-state index in [1.807, 2.05) is 6.07 Å². The molecule has 134 valence electrons. The minimum Gasteiger partial charge on any atom is -0.481 e. The van der Waals surface area contributed by atoms with Gasteiger partial charge in [-0.2, -0.15) is 4.98 Å². The molecule has 1 saturated carbocycles. The van der Waals surface area contributed by atoms with Gasteiger partial charge in [0.05, 0.1) is 6.54 Å². The van der Waals surface area contributed by atoms with E-state index < -0.39 is 5.97 Å². The fourth-order valence-electron chi connectivity index (χ4n) is 3.07. The number of aromatic nitrogens is 2. The predicted octanol–water partition coefficient (Wildman–Crippen LogP) is 3.28. The molecule has 1 heterocycles. The Hall–Kier alpha value is -2.21. The lowest BCUT2D eigenvalue weighted by Crippen LogP contribution is -2.34. The van der Waals surface area contributed by atoms with Crippen molar-refractivity contribution in [3.8, 4) is 0 Å². The predicted molar refractivity (Wildman–Crippen MR) is 92.7 cm³/mol. The van der Waals surface area contributed by atoms with E-state index in [1.165, 1.54) is 18.4 Å². The maximum Gasteiger partial charge on any atom is 0.303 e. The second-order valence-corrected chi connectivity index (χ2v) is 6.82. The standard InChI is InChI=1S/C19H25N3O3/c1-14(16-10-11-16)22(12-15-6-3-2-4-7-15)13-17-20-18(25-21-17)8-5-9-19(23)24/h2-4,6-7,14,16H,5,8-13H2,1H3,(H,23,24). The Morgan fingerprint density at radius 1 is 1.32 bits per heavy atom. The van der Waals surface area contributed by atoms with Gasteiger partial charge >= 0.3 is 5.97 Å². The lowest BCUT2D eigenvalue weighted by atomic mass is 10.1. The number of hydrogen-bond donors (Lipinski definition) is 1. The molecule has 25 heavy (non-hydrogen) atoms. The highest BCUT2D eigenvalue weighted by atomic mass is 16.5. The van der Waals surface area contributed by atoms with E-state index in [0.717, 1.165) is 12.5 Å². The van der Waals surface area contributed by atoms with Gasteiger partial charge in [0, 0.05) is 25.4 Å². The van der Waals surface area contributed by atoms with Crippen LogP contribution in [0.3, 0.4) is 0 Å². The summed E-state index contributed by atoms with van der Waals surface area (Å²) in [7, 11) is 0. The van der Waals surface area contributed by atoms with E-state index in [2.05, 4.69) is 46.2 Å². The average Bonchev–Trinajstić information content (AvgIpc) is 3.35. The van der Waals surface area contributed by atoms with Crippen LogP contribution in [0.4, 0.5) is 0 Å². The molecular weight excluding hydrogens is 318 g/mol. The van der Waals surface area contributed by atoms with Crippen molar-refractivity contribution in [2.45, 2.75) is 58.2 Å². The summed E-state index contributed by atoms with van der Waals surface area (Å²) in [5, 5.41) is 12.8. The summed E-state index contributed by atoms with van der Waals surface area (Å²) in [5.41, 5.74) is 1.28. The molecule has 1 aliphatic rings. The number of carboxylic acid groups (broad SMARTS) is 1. The molecule has 0 amide bonds. The van der Waals surface area contributed by atoms with E-state index in [0.29, 0.717) is 37.1 Å². The van der Waals surface area contributed by atoms with Crippen LogP contribution in [0, 0.1) is 5.92 Å². The Labute approximate surface area is 147 Å². The fraction of sp³-hybridized carbons (Fsp3) is 0.526. The van der Waals surface area contributed by atoms with Gasteiger partial charge in [0.1, 0.15) is 0 Å². The summed E-state index contributed by atoms with van der Waals surface area (Å²) in [6.07, 6.45) is 3.73. The summed E-state index contributed by atoms with van der Waals surface area (Å²) < 4.78 is 5.27. The zero-order valence-corrected chi connectivity index (χ0v) is 14.6. The maximum absolute atomic E-state index is 10.6. The zero-order valence-electron chi connectivity index (χ0n) is 14.6. The van der Waals surface area contributed by atoms with Crippen molar-refractivity contribution >= 4 is 5.97 Å². The molecule has 1 aliphatic carbocycles. The van der Waals surface area contributed by atoms with Crippen molar-refractivity contribution in [2.75, 3.05) is 0 Å². The third kappa shape index (κ3) is 5.39. The molecule has 3 rings (SSSR count). The first-order valence-corrected chi connectivity index (χ1v) is 8.93. The third-order valence-electron chi connectivity index (χ3n) is 4.74. The number of nitrogens with zero attached hydrogens (tertiary/aromatic N) is 3. The second-order valence-electron chi connectivity index (χ2n) is 6.82. The number of rotatable bonds is 10. The highest BCUT2D eigenvalue weighted by molar-refractivity contribution is 5.66. The van der Waals surface area contributed by atoms with Crippen LogP contribution in [0.25, 0.3) is 0 Å². The Balaban J connectivity index is 1.61. The molecule has 0 bridgehead atoms. The van der Waals surface area contributed by atoms with Crippen LogP contribution in [0.1, 0.15) is 49.9 Å². The van der Waals surface area contributed by atoms with Crippen molar-refractivity contribution < 1.29 is 14.4 Å². The number of benzene rings is 1. The molecule has 1 unspecified atom stereocenters. The molecule has 6 nitrogen and oxygen atoms in total. The normalized spacial score (nSPS) is 15.4. The summed E-state index contributed by atoms with van der Waals surface area (Å²) in [4.78, 5) is 17.4. The monoisotopic (exact) mass is 343 g/mol. The highest BCUT2D eigenvalue weighted by Crippen LogP contribution is 2.36. The Morgan fingerprint density at radius 3 is 2.76 bits per heavy atom. The van der Waals surface area contributed by atoms with Crippen LogP contribution in [-0.2, 0) is 24.3 Å². The topological polar surface area (TPSA) is 79.5 Å². The molecule has 6 heteroatoms. The van der Waals surface area contributed by atoms with Gasteiger partial charge in [-0.3, -0.25) is 9.69 Å². The largest absolute Gasteiger partial charge is 0.481 e. The molecule has 0 aliphatic heterocycles. The van der Waals surface area contributed by atoms with E-state index in [4.69, 9.17) is 9.63 Å². The quantitative estimate of drug-likeness (QED) is 0.713. The maximum atomic E-state index is 10.6. The Bertz CT molecular complexity index is 682. The van der Waals surface area contributed by atoms with Crippen LogP contribution in [0.5, 0.6) is 0 Å². The smallest absolute Gasteiger partial charge is 0.303 e. The number of aliphatic carboxylic acids is 1. The first-order valence-electron chi connectivity index (χ1n) is 8.93. The van der Waals surface area contributed by atoms with E-state index >= 15 is 0 Å². The minimum absolute atomic E-state index is 0.122. The van der Waals surface area contributed by atoms with Gasteiger partial charge in [0.25, 0.3) is 0 Å². The molecule has 0 spiro atoms. The molecule has 1 aromatic heterocycles. The number of carbonyl (C=O) groups is 1. The summed E-state index contributed by atoms with van der Waals surface area (Å²) in [6, 6.07) is 10.9. The lowest BCUT2D eigenvalue weighted by Gasteiger charge is -2.28. The summed E-state index contributed by atoms with van der Waals surface area (Å²) in [6.45, 7) is 3.78. The molecule has 2 aromatic rings. The van der Waals surface area contributed by atoms with Crippen LogP contribution in [-0.4, -0.2) is 32.2 Å². The number of aryl methyl sites for hydroxylation is 1. The Morgan fingerprint density at radius 2 is 2.08 bits per heavy atom. The van der Waals surface area contributed by atoms with Crippen molar-refractivity contribution in [2.24, 2.45) is 5.92 Å². The van der Waals surface area contributed by atoms with Crippen LogP contribution in [0.15, 0.2) is 34.9 Å². The summed E-state index contributed by atoms with van der Waals surface area (Å²) >= 11 is 0. The van der Waals surface area contributed by atoms with Gasteiger partial charge < -0.3 is 9.63 Å². The van der Waals surface area contributed by atoms with E-state index in [9.17, 15) is 4.79 Å². The van der Waals surface area contributed by atoms with Gasteiger partial charge in [-0.05, 0) is 37.7 Å². The first-order chi connectivity index (χ1) is 12.1. The molecular formula is C19H25N3O3. The Kier molecular flexibility index (Phi) is 5.81. The van der Waals surface area contributed by atoms with Crippen LogP contribution >= 0.6 is 0 Å². The van der Waals surface area contributed by atoms with E-state index in [-0.39, 0.29) is 6.42 Å². The van der Waals surface area contributed by atoms with E-state index in [1.54, 1.807) is 0 Å². The lowest BCUT2D eigenvalue weighted by molar-refractivity contribution is -0.137. The molecule has 1 atom stereocenters. The third-order valence-corrected chi connectivity index (χ3v) is 4.74. The summed E-state index contributed by atoms with van der Waals surface area (Å²) in [5.74, 6) is 1.15. The van der Waals surface area contributed by atoms with Crippen LogP contribution in [0.2, 0.25) is 0 Å². The fourth-order valence-corrected chi connectivity index (χ4v) is 3.07. The van der Waals surface area contributed by atoms with Gasteiger partial charge in [-0.25, -0.2) is 0 Å². The van der Waals surface area contributed by atoms with Gasteiger partial charge in [-0.1, -0.05) is 35.5 Å². The highest BCUT2D eigenvalue weighted by Gasteiger charge is 2.32. The number of carboxylic acids is 1. The zero-order chi connectivity index (χ0) is 17.6. The first kappa shape index (κ1) is 17.6. The molecule has 1 N–H and O–H groups in total. The molecule has 1 fully saturated rings. The molecule has 1 aromatic carbocycles. The van der Waals surface area contributed by atoms with Crippen LogP contribution < -0.4 is 0 Å². The second kappa shape index (κ2) is 8.25. The SMILES string of the molecule is CC(C1CC1)N(Cc1ccccc1)Cc1noc(CCCC(=O)O)n1. The van der Waals surface area contributed by atoms with Crippen molar-refractivity contribution in [1.82, 2.24) is 15.0 Å². The van der Waals surface area contributed by atoms with Crippen molar-refractivity contribution in [3.05, 3.63) is 47.6 Å². The van der Waals surface area contributed by atoms with Gasteiger partial charge in [0.2, 0.25) is 5.89 Å². The number of hydrogen-bond acceptors (Lipinski definition) is 5. The average molecular weight is 343 g/mol. The van der Waals surface area contributed by atoms with Gasteiger partial charge in [-0.15, -0.1) is 0 Å². The van der Waals surface area contributed by atoms with Crippen molar-refractivity contribution in [1.29, 1.82) is 0 Å².